The molecule has 17 heavy (non-hydrogen) atoms. The summed E-state index contributed by atoms with van der Waals surface area (Å²) < 4.78 is 1.77. The molecule has 2 aromatic rings. The Bertz CT molecular complexity index is 481. The first kappa shape index (κ1) is 12.5. The fourth-order valence-electron chi connectivity index (χ4n) is 1.43. The van der Waals surface area contributed by atoms with E-state index < -0.39 is 0 Å². The van der Waals surface area contributed by atoms with E-state index in [9.17, 15) is 0 Å². The molecular formula is C12H14ClN3S. The molecule has 0 aliphatic rings. The van der Waals surface area contributed by atoms with Crippen molar-refractivity contribution in [2.24, 2.45) is 12.8 Å². The van der Waals surface area contributed by atoms with Crippen molar-refractivity contribution in [1.29, 1.82) is 0 Å². The van der Waals surface area contributed by atoms with Crippen molar-refractivity contribution in [2.45, 2.75) is 10.9 Å². The number of thioether (sulfide) groups is 1. The number of aromatic nitrogens is 2. The zero-order valence-corrected chi connectivity index (χ0v) is 11.1. The van der Waals surface area contributed by atoms with Gasteiger partial charge in [0.05, 0.1) is 11.7 Å². The van der Waals surface area contributed by atoms with Crippen LogP contribution in [-0.2, 0) is 7.05 Å². The molecule has 0 amide bonds. The number of nitrogens with two attached hydrogens (primary N) is 1. The van der Waals surface area contributed by atoms with Gasteiger partial charge in [-0.15, -0.1) is 11.8 Å². The second-order valence-corrected chi connectivity index (χ2v) is 5.32. The van der Waals surface area contributed by atoms with Gasteiger partial charge in [0.1, 0.15) is 0 Å². The first-order valence-electron chi connectivity index (χ1n) is 5.28. The van der Waals surface area contributed by atoms with Crippen LogP contribution in [0.1, 0.15) is 11.7 Å². The summed E-state index contributed by atoms with van der Waals surface area (Å²) in [5, 5.41) is 5.05. The van der Waals surface area contributed by atoms with Gasteiger partial charge in [-0.05, 0) is 30.3 Å². The molecule has 5 heteroatoms. The lowest BCUT2D eigenvalue weighted by atomic mass is 10.3. The Hall–Kier alpha value is -0.970. The molecule has 0 saturated heterocycles. The molecule has 90 valence electrons. The monoisotopic (exact) mass is 267 g/mol. The quantitative estimate of drug-likeness (QED) is 0.867. The first-order chi connectivity index (χ1) is 8.15. The third-order valence-electron chi connectivity index (χ3n) is 2.36. The Morgan fingerprint density at radius 2 is 2.06 bits per heavy atom. The molecule has 1 aromatic carbocycles. The molecule has 1 heterocycles. The number of rotatable bonds is 4. The highest BCUT2D eigenvalue weighted by Crippen LogP contribution is 2.24. The average Bonchev–Trinajstić information content (AvgIpc) is 2.75. The largest absolute Gasteiger partial charge is 0.322 e. The molecule has 0 aliphatic carbocycles. The number of halogens is 1. The second-order valence-electron chi connectivity index (χ2n) is 3.79. The molecule has 0 aliphatic heterocycles. The van der Waals surface area contributed by atoms with Crippen molar-refractivity contribution in [3.8, 4) is 0 Å². The first-order valence-corrected chi connectivity index (χ1v) is 6.65. The van der Waals surface area contributed by atoms with Crippen LogP contribution in [0, 0.1) is 0 Å². The standard InChI is InChI=1S/C12H14ClN3S/c1-16-7-6-12(15-16)11(14)8-17-10-4-2-9(13)3-5-10/h2-7,11H,8,14H2,1H3. The van der Waals surface area contributed by atoms with Crippen molar-refractivity contribution in [3.05, 3.63) is 47.2 Å². The lowest BCUT2D eigenvalue weighted by Crippen LogP contribution is -2.14. The summed E-state index contributed by atoms with van der Waals surface area (Å²) in [6, 6.07) is 9.67. The van der Waals surface area contributed by atoms with Gasteiger partial charge in [0.2, 0.25) is 0 Å². The lowest BCUT2D eigenvalue weighted by Gasteiger charge is -2.08. The van der Waals surface area contributed by atoms with Crippen molar-refractivity contribution in [2.75, 3.05) is 5.75 Å². The van der Waals surface area contributed by atoms with E-state index in [1.807, 2.05) is 43.6 Å². The number of aryl methyl sites for hydroxylation is 1. The van der Waals surface area contributed by atoms with Crippen molar-refractivity contribution >= 4 is 23.4 Å². The third kappa shape index (κ3) is 3.49. The van der Waals surface area contributed by atoms with Crippen molar-refractivity contribution in [1.82, 2.24) is 9.78 Å². The molecule has 2 N–H and O–H groups in total. The van der Waals surface area contributed by atoms with Crippen LogP contribution < -0.4 is 5.73 Å². The summed E-state index contributed by atoms with van der Waals surface area (Å²) in [6.07, 6.45) is 1.90. The molecular weight excluding hydrogens is 254 g/mol. The van der Waals surface area contributed by atoms with Crippen molar-refractivity contribution < 1.29 is 0 Å². The van der Waals surface area contributed by atoms with E-state index in [-0.39, 0.29) is 6.04 Å². The highest BCUT2D eigenvalue weighted by Gasteiger charge is 2.09. The number of benzene rings is 1. The second kappa shape index (κ2) is 5.58. The molecule has 0 spiro atoms. The van der Waals surface area contributed by atoms with Gasteiger partial charge in [-0.25, -0.2) is 0 Å². The number of hydrogen-bond acceptors (Lipinski definition) is 3. The minimum Gasteiger partial charge on any atom is -0.322 e. The predicted octanol–water partition coefficient (Wildman–Crippen LogP) is 2.87. The van der Waals surface area contributed by atoms with Gasteiger partial charge in [0.15, 0.2) is 0 Å². The Labute approximate surface area is 110 Å². The molecule has 2 rings (SSSR count). The molecule has 1 unspecified atom stereocenters. The molecule has 3 nitrogen and oxygen atoms in total. The molecule has 1 aromatic heterocycles. The summed E-state index contributed by atoms with van der Waals surface area (Å²) in [4.78, 5) is 1.17. The van der Waals surface area contributed by atoms with Crippen LogP contribution in [-0.4, -0.2) is 15.5 Å². The van der Waals surface area contributed by atoms with E-state index in [0.29, 0.717) is 0 Å². The summed E-state index contributed by atoms with van der Waals surface area (Å²) in [7, 11) is 1.89. The Balaban J connectivity index is 1.92. The SMILES string of the molecule is Cn1ccc(C(N)CSc2ccc(Cl)cc2)n1. The van der Waals surface area contributed by atoms with Crippen LogP contribution in [0.5, 0.6) is 0 Å². The van der Waals surface area contributed by atoms with Crippen LogP contribution in [0.2, 0.25) is 5.02 Å². The molecule has 1 atom stereocenters. The normalized spacial score (nSPS) is 12.6. The topological polar surface area (TPSA) is 43.8 Å². The van der Waals surface area contributed by atoms with E-state index in [4.69, 9.17) is 17.3 Å². The Morgan fingerprint density at radius 3 is 2.65 bits per heavy atom. The third-order valence-corrected chi connectivity index (χ3v) is 3.74. The van der Waals surface area contributed by atoms with Gasteiger partial charge in [0, 0.05) is 28.9 Å². The lowest BCUT2D eigenvalue weighted by molar-refractivity contribution is 0.704. The van der Waals surface area contributed by atoms with Crippen molar-refractivity contribution in [3.63, 3.8) is 0 Å². The predicted molar refractivity (Wildman–Crippen MR) is 72.3 cm³/mol. The van der Waals surface area contributed by atoms with Crippen LogP contribution in [0.4, 0.5) is 0 Å². The minimum absolute atomic E-state index is 0.0446. The summed E-state index contributed by atoms with van der Waals surface area (Å²) in [5.41, 5.74) is 6.99. The number of nitrogens with zero attached hydrogens (tertiary/aromatic N) is 2. The highest BCUT2D eigenvalue weighted by molar-refractivity contribution is 7.99. The summed E-state index contributed by atoms with van der Waals surface area (Å²) in [5.74, 6) is 0.804. The maximum atomic E-state index is 6.06. The van der Waals surface area contributed by atoms with Gasteiger partial charge < -0.3 is 5.73 Å². The minimum atomic E-state index is -0.0446. The average molecular weight is 268 g/mol. The van der Waals surface area contributed by atoms with Crippen LogP contribution in [0.3, 0.4) is 0 Å². The van der Waals surface area contributed by atoms with E-state index >= 15 is 0 Å². The molecule has 0 bridgehead atoms. The van der Waals surface area contributed by atoms with Crippen LogP contribution in [0.25, 0.3) is 0 Å². The smallest absolute Gasteiger partial charge is 0.0800 e. The maximum Gasteiger partial charge on any atom is 0.0800 e. The summed E-state index contributed by atoms with van der Waals surface area (Å²) in [6.45, 7) is 0. The van der Waals surface area contributed by atoms with E-state index in [2.05, 4.69) is 5.10 Å². The van der Waals surface area contributed by atoms with Gasteiger partial charge in [-0.2, -0.15) is 5.10 Å². The van der Waals surface area contributed by atoms with E-state index in [1.54, 1.807) is 16.4 Å². The van der Waals surface area contributed by atoms with Gasteiger partial charge in [0.25, 0.3) is 0 Å². The molecule has 0 fully saturated rings. The van der Waals surface area contributed by atoms with Crippen LogP contribution in [0.15, 0.2) is 41.4 Å². The molecule has 0 radical (unpaired) electrons. The highest BCUT2D eigenvalue weighted by atomic mass is 35.5. The van der Waals surface area contributed by atoms with Gasteiger partial charge >= 0.3 is 0 Å². The zero-order valence-electron chi connectivity index (χ0n) is 9.51. The van der Waals surface area contributed by atoms with Gasteiger partial charge in [-0.3, -0.25) is 4.68 Å². The molecule has 0 saturated carbocycles. The summed E-state index contributed by atoms with van der Waals surface area (Å²) >= 11 is 7.53. The Morgan fingerprint density at radius 1 is 1.35 bits per heavy atom. The zero-order chi connectivity index (χ0) is 12.3. The number of hydrogen-bond donors (Lipinski definition) is 1. The van der Waals surface area contributed by atoms with Gasteiger partial charge in [-0.1, -0.05) is 11.6 Å². The Kier molecular flexibility index (Phi) is 4.10. The van der Waals surface area contributed by atoms with Crippen LogP contribution >= 0.6 is 23.4 Å². The van der Waals surface area contributed by atoms with E-state index in [1.165, 1.54) is 4.90 Å². The fraction of sp³-hybridized carbons (Fsp3) is 0.250. The maximum absolute atomic E-state index is 6.06. The van der Waals surface area contributed by atoms with E-state index in [0.717, 1.165) is 16.5 Å². The fourth-order valence-corrected chi connectivity index (χ4v) is 2.43.